The van der Waals surface area contributed by atoms with Crippen LogP contribution in [0.15, 0.2) is 53.1 Å². The molecule has 0 spiro atoms. The first-order valence-corrected chi connectivity index (χ1v) is 9.85. The fraction of sp³-hybridized carbons (Fsp3) is 0.400. The monoisotopic (exact) mass is 383 g/mol. The van der Waals surface area contributed by atoms with Crippen molar-refractivity contribution in [3.8, 4) is 11.6 Å². The lowest BCUT2D eigenvalue weighted by Crippen LogP contribution is -2.46. The Balaban J connectivity index is 1.40. The minimum absolute atomic E-state index is 0.721. The molecule has 0 amide bonds. The Labute approximate surface area is 164 Å². The highest BCUT2D eigenvalue weighted by Crippen LogP contribution is 2.19. The standard InChI is InChI=1S/C20H25N5OS/c1-2-24-19(18-9-6-14-26-18)21-25(20(24)27)16-23-12-10-22(11-13-23)15-17-7-4-3-5-8-17/h3-9,14H,2,10-13,15-16H2,1H3. The second kappa shape index (κ2) is 8.21. The summed E-state index contributed by atoms with van der Waals surface area (Å²) in [4.78, 5) is 4.92. The van der Waals surface area contributed by atoms with Crippen LogP contribution < -0.4 is 0 Å². The van der Waals surface area contributed by atoms with Crippen LogP contribution >= 0.6 is 12.2 Å². The number of benzene rings is 1. The Morgan fingerprint density at radius 3 is 2.41 bits per heavy atom. The fourth-order valence-corrected chi connectivity index (χ4v) is 3.84. The Hall–Kier alpha value is -2.22. The molecule has 0 unspecified atom stereocenters. The third-order valence-electron chi connectivity index (χ3n) is 5.03. The van der Waals surface area contributed by atoms with Gasteiger partial charge in [0.25, 0.3) is 0 Å². The Morgan fingerprint density at radius 2 is 1.74 bits per heavy atom. The molecule has 2 aromatic heterocycles. The summed E-state index contributed by atoms with van der Waals surface area (Å²) < 4.78 is 10.2. The Morgan fingerprint density at radius 1 is 1.00 bits per heavy atom. The second-order valence-corrected chi connectivity index (χ2v) is 7.21. The Kier molecular flexibility index (Phi) is 5.52. The highest BCUT2D eigenvalue weighted by atomic mass is 32.1. The van der Waals surface area contributed by atoms with Crippen LogP contribution in [0.25, 0.3) is 11.6 Å². The lowest BCUT2D eigenvalue weighted by molar-refractivity contribution is 0.0980. The summed E-state index contributed by atoms with van der Waals surface area (Å²) in [5.41, 5.74) is 1.37. The molecule has 4 rings (SSSR count). The van der Waals surface area contributed by atoms with Crippen molar-refractivity contribution in [1.82, 2.24) is 24.1 Å². The number of rotatable bonds is 6. The van der Waals surface area contributed by atoms with Crippen molar-refractivity contribution < 1.29 is 4.42 Å². The summed E-state index contributed by atoms with van der Waals surface area (Å²) in [7, 11) is 0. The maximum absolute atomic E-state index is 5.65. The van der Waals surface area contributed by atoms with Gasteiger partial charge >= 0.3 is 0 Å². The molecule has 7 heteroatoms. The van der Waals surface area contributed by atoms with Gasteiger partial charge in [0.05, 0.1) is 12.9 Å². The molecule has 0 N–H and O–H groups in total. The summed E-state index contributed by atoms with van der Waals surface area (Å²) in [6.07, 6.45) is 1.67. The number of hydrogen-bond acceptors (Lipinski definition) is 5. The maximum Gasteiger partial charge on any atom is 0.199 e. The molecule has 142 valence electrons. The van der Waals surface area contributed by atoms with E-state index in [-0.39, 0.29) is 0 Å². The average molecular weight is 384 g/mol. The van der Waals surface area contributed by atoms with Crippen molar-refractivity contribution in [3.05, 3.63) is 59.1 Å². The molecular formula is C20H25N5OS. The van der Waals surface area contributed by atoms with Gasteiger partial charge in [-0.1, -0.05) is 30.3 Å². The number of nitrogens with zero attached hydrogens (tertiary/aromatic N) is 5. The van der Waals surface area contributed by atoms with Crippen molar-refractivity contribution >= 4 is 12.2 Å². The van der Waals surface area contributed by atoms with Crippen LogP contribution in [0.5, 0.6) is 0 Å². The highest BCUT2D eigenvalue weighted by Gasteiger charge is 2.20. The van der Waals surface area contributed by atoms with Crippen LogP contribution in [0.3, 0.4) is 0 Å². The van der Waals surface area contributed by atoms with E-state index >= 15 is 0 Å². The van der Waals surface area contributed by atoms with Crippen LogP contribution in [-0.2, 0) is 19.8 Å². The molecule has 0 atom stereocenters. The van der Waals surface area contributed by atoms with E-state index in [0.29, 0.717) is 0 Å². The molecule has 1 fully saturated rings. The zero-order chi connectivity index (χ0) is 18.6. The molecule has 0 bridgehead atoms. The number of piperazine rings is 1. The van der Waals surface area contributed by atoms with Crippen LogP contribution in [0, 0.1) is 4.77 Å². The smallest absolute Gasteiger partial charge is 0.199 e. The summed E-state index contributed by atoms with van der Waals surface area (Å²) >= 11 is 5.65. The van der Waals surface area contributed by atoms with Crippen LogP contribution in [0.4, 0.5) is 0 Å². The minimum atomic E-state index is 0.721. The first-order chi connectivity index (χ1) is 13.2. The van der Waals surface area contributed by atoms with Crippen LogP contribution in [0.2, 0.25) is 0 Å². The van der Waals surface area contributed by atoms with E-state index in [4.69, 9.17) is 21.7 Å². The van der Waals surface area contributed by atoms with Crippen molar-refractivity contribution in [3.63, 3.8) is 0 Å². The number of hydrogen-bond donors (Lipinski definition) is 0. The van der Waals surface area contributed by atoms with E-state index in [2.05, 4.69) is 47.1 Å². The predicted molar refractivity (Wildman–Crippen MR) is 108 cm³/mol. The van der Waals surface area contributed by atoms with Gasteiger partial charge in [0.1, 0.15) is 0 Å². The van der Waals surface area contributed by atoms with Gasteiger partial charge < -0.3 is 4.42 Å². The largest absolute Gasteiger partial charge is 0.461 e. The van der Waals surface area contributed by atoms with Crippen molar-refractivity contribution in [1.29, 1.82) is 0 Å². The van der Waals surface area contributed by atoms with Gasteiger partial charge in [-0.2, -0.15) is 0 Å². The third-order valence-corrected chi connectivity index (χ3v) is 5.46. The van der Waals surface area contributed by atoms with E-state index in [1.807, 2.05) is 21.4 Å². The molecule has 3 aromatic rings. The molecule has 0 aliphatic carbocycles. The van der Waals surface area contributed by atoms with E-state index < -0.39 is 0 Å². The topological polar surface area (TPSA) is 42.4 Å². The molecule has 1 aliphatic rings. The van der Waals surface area contributed by atoms with Crippen molar-refractivity contribution in [2.45, 2.75) is 26.7 Å². The zero-order valence-corrected chi connectivity index (χ0v) is 16.4. The molecule has 1 saturated heterocycles. The second-order valence-electron chi connectivity index (χ2n) is 6.85. The lowest BCUT2D eigenvalue weighted by Gasteiger charge is -2.34. The first-order valence-electron chi connectivity index (χ1n) is 9.44. The van der Waals surface area contributed by atoms with Gasteiger partial charge in [-0.3, -0.25) is 14.4 Å². The lowest BCUT2D eigenvalue weighted by atomic mass is 10.2. The van der Waals surface area contributed by atoms with Gasteiger partial charge in [0.2, 0.25) is 0 Å². The molecule has 0 radical (unpaired) electrons. The van der Waals surface area contributed by atoms with Gasteiger partial charge in [0, 0.05) is 39.3 Å². The van der Waals surface area contributed by atoms with E-state index in [9.17, 15) is 0 Å². The number of aromatic nitrogens is 3. The molecule has 1 aromatic carbocycles. The van der Waals surface area contributed by atoms with Gasteiger partial charge in [0.15, 0.2) is 16.4 Å². The molecular weight excluding hydrogens is 358 g/mol. The van der Waals surface area contributed by atoms with Crippen LogP contribution in [-0.4, -0.2) is 50.3 Å². The van der Waals surface area contributed by atoms with Crippen molar-refractivity contribution in [2.75, 3.05) is 26.2 Å². The highest BCUT2D eigenvalue weighted by molar-refractivity contribution is 7.71. The summed E-state index contributed by atoms with van der Waals surface area (Å²) in [6, 6.07) is 14.5. The molecule has 6 nitrogen and oxygen atoms in total. The molecule has 3 heterocycles. The van der Waals surface area contributed by atoms with E-state index in [0.717, 1.165) is 62.3 Å². The van der Waals surface area contributed by atoms with Crippen LogP contribution in [0.1, 0.15) is 12.5 Å². The summed E-state index contributed by atoms with van der Waals surface area (Å²) in [5.74, 6) is 1.56. The van der Waals surface area contributed by atoms with Gasteiger partial charge in [-0.25, -0.2) is 4.68 Å². The zero-order valence-electron chi connectivity index (χ0n) is 15.6. The van der Waals surface area contributed by atoms with Gasteiger partial charge in [-0.05, 0) is 36.8 Å². The average Bonchev–Trinajstić information content (AvgIpc) is 3.33. The molecule has 1 aliphatic heterocycles. The molecule has 27 heavy (non-hydrogen) atoms. The summed E-state index contributed by atoms with van der Waals surface area (Å²) in [5, 5.41) is 4.73. The van der Waals surface area contributed by atoms with Crippen molar-refractivity contribution in [2.24, 2.45) is 0 Å². The predicted octanol–water partition coefficient (Wildman–Crippen LogP) is 3.47. The quantitative estimate of drug-likeness (QED) is 0.610. The first kappa shape index (κ1) is 18.2. The maximum atomic E-state index is 5.65. The van der Waals surface area contributed by atoms with Gasteiger partial charge in [-0.15, -0.1) is 5.10 Å². The fourth-order valence-electron chi connectivity index (χ4n) is 3.53. The SMILES string of the molecule is CCn1c(-c2ccco2)nn(CN2CCN(Cc3ccccc3)CC2)c1=S. The third kappa shape index (κ3) is 4.05. The molecule has 0 saturated carbocycles. The normalized spacial score (nSPS) is 16.0. The number of furan rings is 1. The Bertz CT molecular complexity index is 908. The van der Waals surface area contributed by atoms with E-state index in [1.54, 1.807) is 6.26 Å². The summed E-state index contributed by atoms with van der Waals surface area (Å²) in [6.45, 7) is 8.74. The van der Waals surface area contributed by atoms with E-state index in [1.165, 1.54) is 5.56 Å². The minimum Gasteiger partial charge on any atom is -0.461 e.